The zero-order valence-corrected chi connectivity index (χ0v) is 18.5. The first-order valence-corrected chi connectivity index (χ1v) is 11.3. The van der Waals surface area contributed by atoms with Gasteiger partial charge in [-0.25, -0.2) is 19.1 Å². The third kappa shape index (κ3) is 5.13. The SMILES string of the molecule is CC(C)c1ccnc(C(C)C)c1NC(=O)N=S(N)(=O)c1cnc(C(C)(C)O)s1. The predicted molar refractivity (Wildman–Crippen MR) is 112 cm³/mol. The number of nitrogens with zero attached hydrogens (tertiary/aromatic N) is 3. The molecule has 2 heterocycles. The van der Waals surface area contributed by atoms with Gasteiger partial charge in [0.1, 0.15) is 14.8 Å². The molecule has 0 radical (unpaired) electrons. The van der Waals surface area contributed by atoms with Crippen molar-refractivity contribution in [3.05, 3.63) is 34.7 Å². The Bertz CT molecular complexity index is 957. The Kier molecular flexibility index (Phi) is 6.59. The van der Waals surface area contributed by atoms with Gasteiger partial charge in [0, 0.05) is 6.20 Å². The number of pyridine rings is 1. The molecule has 0 aliphatic heterocycles. The van der Waals surface area contributed by atoms with Crippen LogP contribution in [-0.2, 0) is 15.5 Å². The van der Waals surface area contributed by atoms with E-state index >= 15 is 0 Å². The van der Waals surface area contributed by atoms with Gasteiger partial charge in [0.25, 0.3) is 0 Å². The summed E-state index contributed by atoms with van der Waals surface area (Å²) in [5.41, 5.74) is 1.00. The Hall–Kier alpha value is -1.88. The molecule has 0 fully saturated rings. The van der Waals surface area contributed by atoms with E-state index in [0.717, 1.165) is 22.6 Å². The van der Waals surface area contributed by atoms with E-state index in [1.165, 1.54) is 6.20 Å². The van der Waals surface area contributed by atoms with E-state index in [1.807, 2.05) is 33.8 Å². The van der Waals surface area contributed by atoms with Crippen LogP contribution in [0, 0.1) is 0 Å². The van der Waals surface area contributed by atoms with Crippen molar-refractivity contribution in [3.63, 3.8) is 0 Å². The van der Waals surface area contributed by atoms with E-state index in [1.54, 1.807) is 20.0 Å². The van der Waals surface area contributed by atoms with Gasteiger partial charge in [-0.2, -0.15) is 0 Å². The second-order valence-corrected chi connectivity index (χ2v) is 10.7. The van der Waals surface area contributed by atoms with Crippen molar-refractivity contribution >= 4 is 33.0 Å². The molecule has 0 aromatic carbocycles. The van der Waals surface area contributed by atoms with E-state index in [2.05, 4.69) is 19.6 Å². The lowest BCUT2D eigenvalue weighted by atomic mass is 9.97. The highest BCUT2D eigenvalue weighted by Gasteiger charge is 2.24. The first-order chi connectivity index (χ1) is 12.8. The smallest absolute Gasteiger partial charge is 0.354 e. The summed E-state index contributed by atoms with van der Waals surface area (Å²) >= 11 is 0.963. The molecule has 0 bridgehead atoms. The van der Waals surface area contributed by atoms with Gasteiger partial charge in [0.2, 0.25) is 0 Å². The number of nitrogens with one attached hydrogen (secondary N) is 1. The lowest BCUT2D eigenvalue weighted by molar-refractivity contribution is 0.0783. The third-order valence-corrected chi connectivity index (χ3v) is 7.12. The molecule has 1 atom stereocenters. The number of aliphatic hydroxyl groups is 1. The van der Waals surface area contributed by atoms with Crippen LogP contribution in [0.1, 0.15) is 69.6 Å². The fourth-order valence-corrected chi connectivity index (χ4v) is 4.59. The van der Waals surface area contributed by atoms with Gasteiger partial charge in [-0.05, 0) is 37.3 Å². The van der Waals surface area contributed by atoms with E-state index < -0.39 is 21.5 Å². The molecule has 28 heavy (non-hydrogen) atoms. The van der Waals surface area contributed by atoms with Crippen molar-refractivity contribution in [1.82, 2.24) is 9.97 Å². The van der Waals surface area contributed by atoms with Crippen molar-refractivity contribution in [2.24, 2.45) is 9.50 Å². The van der Waals surface area contributed by atoms with Gasteiger partial charge in [-0.3, -0.25) is 4.98 Å². The summed E-state index contributed by atoms with van der Waals surface area (Å²) in [6.45, 7) is 11.1. The summed E-state index contributed by atoms with van der Waals surface area (Å²) < 4.78 is 16.6. The highest BCUT2D eigenvalue weighted by atomic mass is 32.2. The Morgan fingerprint density at radius 3 is 2.43 bits per heavy atom. The average Bonchev–Trinajstić information content (AvgIpc) is 3.05. The Morgan fingerprint density at radius 1 is 1.29 bits per heavy atom. The van der Waals surface area contributed by atoms with Crippen LogP contribution < -0.4 is 10.5 Å². The van der Waals surface area contributed by atoms with E-state index in [4.69, 9.17) is 5.14 Å². The minimum atomic E-state index is -3.50. The van der Waals surface area contributed by atoms with Gasteiger partial charge in [0.15, 0.2) is 9.92 Å². The fourth-order valence-electron chi connectivity index (χ4n) is 2.52. The van der Waals surface area contributed by atoms with Crippen molar-refractivity contribution in [3.8, 4) is 0 Å². The molecule has 4 N–H and O–H groups in total. The maximum absolute atomic E-state index is 12.8. The minimum absolute atomic E-state index is 0.0760. The molecule has 2 aromatic heterocycles. The standard InChI is InChI=1S/C18H27N5O3S2/c1-10(2)12-7-8-20-14(11(3)4)15(12)22-17(24)23-28(19,26)13-9-21-16(27-13)18(5,6)25/h7-11,25H,1-6H3,(H3,19,22,23,24,26). The van der Waals surface area contributed by atoms with Crippen LogP contribution in [0.15, 0.2) is 27.0 Å². The second kappa shape index (κ2) is 8.24. The average molecular weight is 426 g/mol. The van der Waals surface area contributed by atoms with Crippen LogP contribution in [0.4, 0.5) is 10.5 Å². The van der Waals surface area contributed by atoms with Crippen LogP contribution in [0.25, 0.3) is 0 Å². The molecule has 0 spiro atoms. The lowest BCUT2D eigenvalue weighted by Gasteiger charge is -2.18. The number of hydrogen-bond donors (Lipinski definition) is 3. The molecule has 154 valence electrons. The van der Waals surface area contributed by atoms with Crippen LogP contribution >= 0.6 is 11.3 Å². The Labute approximate surface area is 169 Å². The molecule has 0 aliphatic rings. The van der Waals surface area contributed by atoms with E-state index in [0.29, 0.717) is 10.7 Å². The van der Waals surface area contributed by atoms with Gasteiger partial charge in [0.05, 0.1) is 17.6 Å². The van der Waals surface area contributed by atoms with Crippen molar-refractivity contribution in [1.29, 1.82) is 0 Å². The van der Waals surface area contributed by atoms with E-state index in [-0.39, 0.29) is 16.0 Å². The first-order valence-electron chi connectivity index (χ1n) is 8.86. The van der Waals surface area contributed by atoms with Crippen molar-refractivity contribution in [2.75, 3.05) is 5.32 Å². The number of rotatable bonds is 5. The predicted octanol–water partition coefficient (Wildman–Crippen LogP) is 3.95. The largest absolute Gasteiger partial charge is 0.383 e. The van der Waals surface area contributed by atoms with Crippen LogP contribution in [-0.4, -0.2) is 25.3 Å². The van der Waals surface area contributed by atoms with Gasteiger partial charge >= 0.3 is 6.03 Å². The van der Waals surface area contributed by atoms with Gasteiger partial charge in [-0.1, -0.05) is 27.7 Å². The number of carbonyl (C=O) groups is 1. The molecule has 0 aliphatic carbocycles. The molecule has 10 heteroatoms. The number of anilines is 1. The Morgan fingerprint density at radius 2 is 1.93 bits per heavy atom. The number of nitrogens with two attached hydrogens (primary N) is 1. The highest BCUT2D eigenvalue weighted by molar-refractivity contribution is 7.93. The number of carbonyl (C=O) groups excluding carboxylic acids is 1. The highest BCUT2D eigenvalue weighted by Crippen LogP contribution is 2.31. The Balaban J connectivity index is 2.40. The molecule has 1 unspecified atom stereocenters. The van der Waals surface area contributed by atoms with Gasteiger partial charge in [-0.15, -0.1) is 15.7 Å². The molecular weight excluding hydrogens is 398 g/mol. The topological polar surface area (TPSA) is 131 Å². The number of aromatic nitrogens is 2. The fraction of sp³-hybridized carbons (Fsp3) is 0.500. The molecule has 2 aromatic rings. The maximum Gasteiger partial charge on any atom is 0.354 e. The maximum atomic E-state index is 12.8. The van der Waals surface area contributed by atoms with Crippen LogP contribution in [0.2, 0.25) is 0 Å². The van der Waals surface area contributed by atoms with Gasteiger partial charge < -0.3 is 10.4 Å². The number of urea groups is 1. The minimum Gasteiger partial charge on any atom is -0.383 e. The quantitative estimate of drug-likeness (QED) is 0.668. The summed E-state index contributed by atoms with van der Waals surface area (Å²) in [4.78, 5) is 20.9. The number of thiazole rings is 1. The second-order valence-electron chi connectivity index (χ2n) is 7.60. The first kappa shape index (κ1) is 22.4. The molecule has 2 rings (SSSR count). The molecule has 8 nitrogen and oxygen atoms in total. The summed E-state index contributed by atoms with van der Waals surface area (Å²) in [5, 5.41) is 18.9. The number of hydrogen-bond acceptors (Lipinski definition) is 6. The normalized spacial score (nSPS) is 14.2. The molecule has 2 amide bonds. The zero-order chi connectivity index (χ0) is 21.3. The summed E-state index contributed by atoms with van der Waals surface area (Å²) in [5.74, 6) is 0.223. The summed E-state index contributed by atoms with van der Waals surface area (Å²) in [6, 6.07) is 1.02. The van der Waals surface area contributed by atoms with Crippen LogP contribution in [0.3, 0.4) is 0 Å². The van der Waals surface area contributed by atoms with Crippen molar-refractivity contribution in [2.45, 2.75) is 63.2 Å². The lowest BCUT2D eigenvalue weighted by Crippen LogP contribution is -2.19. The summed E-state index contributed by atoms with van der Waals surface area (Å²) in [7, 11) is -3.50. The summed E-state index contributed by atoms with van der Waals surface area (Å²) in [6.07, 6.45) is 2.99. The zero-order valence-electron chi connectivity index (χ0n) is 16.9. The molecule has 0 saturated heterocycles. The molecular formula is C18H27N5O3S2. The van der Waals surface area contributed by atoms with E-state index in [9.17, 15) is 14.1 Å². The third-order valence-electron chi connectivity index (χ3n) is 3.93. The molecule has 0 saturated carbocycles. The monoisotopic (exact) mass is 425 g/mol. The number of amides is 2. The van der Waals surface area contributed by atoms with Crippen LogP contribution in [0.5, 0.6) is 0 Å². The van der Waals surface area contributed by atoms with Crippen molar-refractivity contribution < 1.29 is 14.1 Å².